The van der Waals surface area contributed by atoms with Gasteiger partial charge in [-0.3, -0.25) is 0 Å². The molecule has 1 heteroatoms. The van der Waals surface area contributed by atoms with Gasteiger partial charge in [-0.25, -0.2) is 19.6 Å². The van der Waals surface area contributed by atoms with Gasteiger partial charge in [0.05, 0.1) is 0 Å². The average molecular weight is 252 g/mol. The molecule has 12 heavy (non-hydrogen) atoms. The molecule has 0 atom stereocenters. The zero-order valence-corrected chi connectivity index (χ0v) is 9.10. The number of allylic oxidation sites excluding steroid dienone is 5. The van der Waals surface area contributed by atoms with Gasteiger partial charge in [0.2, 0.25) is 0 Å². The molecule has 0 amide bonds. The van der Waals surface area contributed by atoms with Crippen LogP contribution in [-0.2, 0) is 19.5 Å². The van der Waals surface area contributed by atoms with Crippen molar-refractivity contribution in [2.24, 2.45) is 0 Å². The maximum absolute atomic E-state index is 3.25. The molecule has 0 aromatic rings. The van der Waals surface area contributed by atoms with Crippen LogP contribution in [0.4, 0.5) is 0 Å². The van der Waals surface area contributed by atoms with E-state index in [-0.39, 0.29) is 19.5 Å². The molecule has 0 bridgehead atoms. The van der Waals surface area contributed by atoms with E-state index in [1.165, 1.54) is 31.8 Å². The number of hydrogen-bond acceptors (Lipinski definition) is 0. The summed E-state index contributed by atoms with van der Waals surface area (Å²) in [5.41, 5.74) is 0. The van der Waals surface area contributed by atoms with Gasteiger partial charge < -0.3 is 0 Å². The Morgan fingerprint density at radius 3 is 1.25 bits per heavy atom. The summed E-state index contributed by atoms with van der Waals surface area (Å²) in [5, 5.41) is 0. The first-order valence-corrected chi connectivity index (χ1v) is 4.12. The second kappa shape index (κ2) is 13.3. The number of rotatable bonds is 0. The standard InChI is InChI=1S/C8H12.C3H5.Rh/c1-2-4-6-8-7-5-3-1;1-3-2;/h1-2,7-8H,3-6H2;3H,1-2H2;/q;-1;/b2-1-,8-7?;;. The molecule has 71 valence electrons. The minimum Gasteiger partial charge on any atom is -0.245 e. The van der Waals surface area contributed by atoms with Crippen molar-refractivity contribution >= 4 is 0 Å². The molecule has 0 spiro atoms. The Balaban J connectivity index is 0. The Bertz CT molecular complexity index is 108. The molecule has 1 rings (SSSR count). The van der Waals surface area contributed by atoms with Crippen LogP contribution in [0.15, 0.2) is 37.0 Å². The van der Waals surface area contributed by atoms with E-state index in [1.54, 1.807) is 0 Å². The molecule has 0 unspecified atom stereocenters. The second-order valence-electron chi connectivity index (χ2n) is 2.39. The zero-order valence-electron chi connectivity index (χ0n) is 7.46. The van der Waals surface area contributed by atoms with Crippen LogP contribution in [-0.4, -0.2) is 0 Å². The summed E-state index contributed by atoms with van der Waals surface area (Å²) < 4.78 is 0. The predicted molar refractivity (Wildman–Crippen MR) is 52.3 cm³/mol. The molecule has 1 radical (unpaired) electrons. The van der Waals surface area contributed by atoms with Crippen molar-refractivity contribution in [1.82, 2.24) is 0 Å². The van der Waals surface area contributed by atoms with Crippen LogP contribution in [0.1, 0.15) is 25.7 Å². The van der Waals surface area contributed by atoms with Gasteiger partial charge in [-0.05, 0) is 25.7 Å². The van der Waals surface area contributed by atoms with Gasteiger partial charge in [-0.15, -0.1) is 0 Å². The van der Waals surface area contributed by atoms with E-state index >= 15 is 0 Å². The van der Waals surface area contributed by atoms with Gasteiger partial charge in [-0.1, -0.05) is 24.3 Å². The van der Waals surface area contributed by atoms with E-state index in [1.807, 2.05) is 0 Å². The summed E-state index contributed by atoms with van der Waals surface area (Å²) in [5.74, 6) is 0. The van der Waals surface area contributed by atoms with Gasteiger partial charge in [0, 0.05) is 19.5 Å². The Morgan fingerprint density at radius 2 is 1.08 bits per heavy atom. The monoisotopic (exact) mass is 252 g/mol. The summed E-state index contributed by atoms with van der Waals surface area (Å²) in [6, 6.07) is 0. The first-order valence-electron chi connectivity index (χ1n) is 4.12. The molecular formula is C11H17Rh-. The van der Waals surface area contributed by atoms with Gasteiger partial charge in [0.15, 0.2) is 0 Å². The van der Waals surface area contributed by atoms with Crippen LogP contribution in [0.25, 0.3) is 0 Å². The fourth-order valence-corrected chi connectivity index (χ4v) is 0.856. The van der Waals surface area contributed by atoms with E-state index in [0.29, 0.717) is 0 Å². The van der Waals surface area contributed by atoms with Gasteiger partial charge in [0.25, 0.3) is 0 Å². The molecule has 0 aromatic carbocycles. The summed E-state index contributed by atoms with van der Waals surface area (Å²) in [6.07, 6.45) is 15.5. The molecule has 0 N–H and O–H groups in total. The molecule has 0 aromatic heterocycles. The molecule has 1 aliphatic carbocycles. The Labute approximate surface area is 89.2 Å². The maximum atomic E-state index is 3.25. The van der Waals surface area contributed by atoms with Gasteiger partial charge in [0.1, 0.15) is 0 Å². The molecule has 0 nitrogen and oxygen atoms in total. The quantitative estimate of drug-likeness (QED) is 0.350. The first-order chi connectivity index (χ1) is 5.41. The van der Waals surface area contributed by atoms with Crippen LogP contribution < -0.4 is 0 Å². The van der Waals surface area contributed by atoms with Crippen molar-refractivity contribution in [2.75, 3.05) is 0 Å². The average Bonchev–Trinajstić information content (AvgIpc) is 1.86. The third-order valence-electron chi connectivity index (χ3n) is 1.33. The van der Waals surface area contributed by atoms with E-state index in [0.717, 1.165) is 0 Å². The van der Waals surface area contributed by atoms with Crippen molar-refractivity contribution < 1.29 is 19.5 Å². The first kappa shape index (κ1) is 14.2. The van der Waals surface area contributed by atoms with Crippen molar-refractivity contribution in [1.29, 1.82) is 0 Å². The van der Waals surface area contributed by atoms with Crippen LogP contribution >= 0.6 is 0 Å². The third kappa shape index (κ3) is 12.4. The van der Waals surface area contributed by atoms with Crippen LogP contribution in [0.5, 0.6) is 0 Å². The molecule has 0 saturated heterocycles. The maximum Gasteiger partial charge on any atom is 0 e. The van der Waals surface area contributed by atoms with Crippen molar-refractivity contribution in [3.63, 3.8) is 0 Å². The molecule has 0 heterocycles. The summed E-state index contributed by atoms with van der Waals surface area (Å²) in [6.45, 7) is 6.50. The molecule has 1 aliphatic rings. The predicted octanol–water partition coefficient (Wildman–Crippen LogP) is 3.68. The SMILES string of the molecule is C1=CCC/C=C\CC1.C=C[CH2-].[Rh]. The molecule has 0 saturated carbocycles. The van der Waals surface area contributed by atoms with Crippen LogP contribution in [0.2, 0.25) is 0 Å². The van der Waals surface area contributed by atoms with Crippen molar-refractivity contribution in [3.8, 4) is 0 Å². The summed E-state index contributed by atoms with van der Waals surface area (Å²) in [4.78, 5) is 0. The van der Waals surface area contributed by atoms with Crippen molar-refractivity contribution in [3.05, 3.63) is 43.9 Å². The Hall–Kier alpha value is -0.287. The normalized spacial score (nSPS) is 17.0. The largest absolute Gasteiger partial charge is 0.245 e. The number of hydrogen-bond donors (Lipinski definition) is 0. The van der Waals surface area contributed by atoms with E-state index in [2.05, 4.69) is 37.8 Å². The van der Waals surface area contributed by atoms with E-state index < -0.39 is 0 Å². The van der Waals surface area contributed by atoms with Crippen LogP contribution in [0.3, 0.4) is 0 Å². The molecule has 0 fully saturated rings. The van der Waals surface area contributed by atoms with Gasteiger partial charge in [-0.2, -0.15) is 0 Å². The Morgan fingerprint density at radius 1 is 0.917 bits per heavy atom. The summed E-state index contributed by atoms with van der Waals surface area (Å²) in [7, 11) is 0. The fraction of sp³-hybridized carbons (Fsp3) is 0.364. The molecular weight excluding hydrogens is 235 g/mol. The smallest absolute Gasteiger partial charge is 0 e. The van der Waals surface area contributed by atoms with Crippen molar-refractivity contribution in [2.45, 2.75) is 25.7 Å². The van der Waals surface area contributed by atoms with Crippen LogP contribution in [0, 0.1) is 6.92 Å². The minimum atomic E-state index is 0. The second-order valence-corrected chi connectivity index (χ2v) is 2.39. The zero-order chi connectivity index (χ0) is 8.36. The third-order valence-corrected chi connectivity index (χ3v) is 1.33. The minimum absolute atomic E-state index is 0. The van der Waals surface area contributed by atoms with E-state index in [9.17, 15) is 0 Å². The van der Waals surface area contributed by atoms with Gasteiger partial charge >= 0.3 is 0 Å². The summed E-state index contributed by atoms with van der Waals surface area (Å²) >= 11 is 0. The van der Waals surface area contributed by atoms with E-state index in [4.69, 9.17) is 0 Å². The Kier molecular flexibility index (Phi) is 15.8. The molecule has 0 aliphatic heterocycles. The topological polar surface area (TPSA) is 0 Å². The fourth-order valence-electron chi connectivity index (χ4n) is 0.856.